The maximum atomic E-state index is 13.6. The highest BCUT2D eigenvalue weighted by Crippen LogP contribution is 2.36. The van der Waals surface area contributed by atoms with Crippen molar-refractivity contribution in [3.8, 4) is 11.3 Å². The smallest absolute Gasteiger partial charge is 0.135 e. The molecule has 1 heterocycles. The summed E-state index contributed by atoms with van der Waals surface area (Å²) in [5.41, 5.74) is 5.83. The minimum absolute atomic E-state index is 0.145. The van der Waals surface area contributed by atoms with Crippen LogP contribution in [0.5, 0.6) is 0 Å². The van der Waals surface area contributed by atoms with Crippen LogP contribution in [0.2, 0.25) is 0 Å². The Bertz CT molecular complexity index is 529. The quantitative estimate of drug-likeness (QED) is 0.885. The molecule has 0 saturated heterocycles. The Kier molecular flexibility index (Phi) is 3.11. The van der Waals surface area contributed by atoms with E-state index in [1.54, 1.807) is 0 Å². The number of hydrogen-bond donors (Lipinski definition) is 1. The van der Waals surface area contributed by atoms with Gasteiger partial charge in [-0.25, -0.2) is 13.8 Å². The topological polar surface area (TPSA) is 38.9 Å². The molecule has 2 nitrogen and oxygen atoms in total. The molecule has 0 bridgehead atoms. The van der Waals surface area contributed by atoms with E-state index in [1.807, 2.05) is 13.8 Å². The minimum Gasteiger partial charge on any atom is -0.389 e. The lowest BCUT2D eigenvalue weighted by atomic mass is 10.1. The van der Waals surface area contributed by atoms with Crippen molar-refractivity contribution in [3.05, 3.63) is 34.8 Å². The zero-order chi connectivity index (χ0) is 12.6. The second kappa shape index (κ2) is 4.41. The molecule has 1 aromatic heterocycles. The first-order valence-electron chi connectivity index (χ1n) is 5.21. The molecule has 17 heavy (non-hydrogen) atoms. The molecule has 2 aromatic rings. The second-order valence-electron chi connectivity index (χ2n) is 4.02. The maximum Gasteiger partial charge on any atom is 0.135 e. The fraction of sp³-hybridized carbons (Fsp3) is 0.250. The summed E-state index contributed by atoms with van der Waals surface area (Å²) in [6, 6.07) is 3.72. The number of rotatable bonds is 2. The zero-order valence-electron chi connectivity index (χ0n) is 9.50. The second-order valence-corrected chi connectivity index (χ2v) is 5.08. The third-order valence-corrected chi connectivity index (χ3v) is 3.55. The van der Waals surface area contributed by atoms with Crippen LogP contribution in [0.25, 0.3) is 11.3 Å². The lowest BCUT2D eigenvalue weighted by Crippen LogP contribution is -1.94. The van der Waals surface area contributed by atoms with Crippen molar-refractivity contribution in [1.82, 2.24) is 4.98 Å². The lowest BCUT2D eigenvalue weighted by molar-refractivity contribution is 0.589. The first kappa shape index (κ1) is 12.0. The molecule has 0 radical (unpaired) electrons. The van der Waals surface area contributed by atoms with Gasteiger partial charge in [-0.1, -0.05) is 19.9 Å². The summed E-state index contributed by atoms with van der Waals surface area (Å²) >= 11 is 1.27. The normalized spacial score (nSPS) is 11.1. The van der Waals surface area contributed by atoms with Gasteiger partial charge in [-0.05, 0) is 12.1 Å². The van der Waals surface area contributed by atoms with Gasteiger partial charge in [-0.15, -0.1) is 11.3 Å². The molecule has 0 aliphatic rings. The van der Waals surface area contributed by atoms with Crippen molar-refractivity contribution < 1.29 is 8.78 Å². The molecule has 5 heteroatoms. The van der Waals surface area contributed by atoms with E-state index in [0.717, 1.165) is 5.01 Å². The Morgan fingerprint density at radius 2 is 1.82 bits per heavy atom. The van der Waals surface area contributed by atoms with Crippen LogP contribution < -0.4 is 5.73 Å². The number of benzene rings is 1. The summed E-state index contributed by atoms with van der Waals surface area (Å²) in [7, 11) is 0. The third kappa shape index (κ3) is 2.15. The number of nitrogen functional groups attached to an aromatic ring is 1. The molecule has 2 N–H and O–H groups in total. The summed E-state index contributed by atoms with van der Waals surface area (Å²) < 4.78 is 27.2. The Morgan fingerprint density at radius 3 is 2.29 bits per heavy atom. The van der Waals surface area contributed by atoms with Crippen LogP contribution in [-0.4, -0.2) is 4.98 Å². The molecule has 90 valence electrons. The Hall–Kier alpha value is -1.49. The van der Waals surface area contributed by atoms with Gasteiger partial charge in [0.1, 0.15) is 22.3 Å². The standard InChI is InChI=1S/C12H12F2N2S/c1-6(2)12-16-10(11(15)17-12)9-7(13)4-3-5-8(9)14/h3-6H,15H2,1-2H3. The molecule has 1 aromatic carbocycles. The van der Waals surface area contributed by atoms with Crippen LogP contribution in [0, 0.1) is 11.6 Å². The Balaban J connectivity index is 2.61. The molecule has 0 aliphatic carbocycles. The first-order valence-corrected chi connectivity index (χ1v) is 6.03. The predicted octanol–water partition coefficient (Wildman–Crippen LogP) is 3.79. The van der Waals surface area contributed by atoms with Crippen LogP contribution in [0.4, 0.5) is 13.8 Å². The number of nitrogens with two attached hydrogens (primary N) is 1. The fourth-order valence-electron chi connectivity index (χ4n) is 1.50. The molecule has 2 rings (SSSR count). The lowest BCUT2D eigenvalue weighted by Gasteiger charge is -2.02. The minimum atomic E-state index is -0.641. The van der Waals surface area contributed by atoms with Crippen molar-refractivity contribution in [2.45, 2.75) is 19.8 Å². The van der Waals surface area contributed by atoms with E-state index < -0.39 is 11.6 Å². The molecule has 0 spiro atoms. The molecule has 0 saturated carbocycles. The van der Waals surface area contributed by atoms with E-state index >= 15 is 0 Å². The van der Waals surface area contributed by atoms with Crippen molar-refractivity contribution in [1.29, 1.82) is 0 Å². The fourth-order valence-corrected chi connectivity index (χ4v) is 2.34. The van der Waals surface area contributed by atoms with Crippen LogP contribution in [0.3, 0.4) is 0 Å². The van der Waals surface area contributed by atoms with Crippen LogP contribution in [-0.2, 0) is 0 Å². The largest absolute Gasteiger partial charge is 0.389 e. The van der Waals surface area contributed by atoms with Crippen molar-refractivity contribution in [3.63, 3.8) is 0 Å². The monoisotopic (exact) mass is 254 g/mol. The number of nitrogens with zero attached hydrogens (tertiary/aromatic N) is 1. The van der Waals surface area contributed by atoms with Crippen LogP contribution >= 0.6 is 11.3 Å². The molecule has 0 atom stereocenters. The zero-order valence-corrected chi connectivity index (χ0v) is 10.3. The summed E-state index contributed by atoms with van der Waals surface area (Å²) in [5.74, 6) is -1.10. The van der Waals surface area contributed by atoms with E-state index in [2.05, 4.69) is 4.98 Å². The van der Waals surface area contributed by atoms with Crippen molar-refractivity contribution in [2.75, 3.05) is 5.73 Å². The van der Waals surface area contributed by atoms with Gasteiger partial charge in [0, 0.05) is 5.92 Å². The summed E-state index contributed by atoms with van der Waals surface area (Å²) in [6.07, 6.45) is 0. The Morgan fingerprint density at radius 1 is 1.24 bits per heavy atom. The van der Waals surface area contributed by atoms with Gasteiger partial charge < -0.3 is 5.73 Å². The highest BCUT2D eigenvalue weighted by atomic mass is 32.1. The predicted molar refractivity (Wildman–Crippen MR) is 66.0 cm³/mol. The molecule has 0 fully saturated rings. The highest BCUT2D eigenvalue weighted by molar-refractivity contribution is 7.16. The summed E-state index contributed by atoms with van der Waals surface area (Å²) in [6.45, 7) is 3.92. The molecule has 0 amide bonds. The number of hydrogen-bond acceptors (Lipinski definition) is 3. The average Bonchev–Trinajstić information content (AvgIpc) is 2.61. The summed E-state index contributed by atoms with van der Waals surface area (Å²) in [5, 5.41) is 1.12. The van der Waals surface area contributed by atoms with Gasteiger partial charge in [0.2, 0.25) is 0 Å². The van der Waals surface area contributed by atoms with Crippen molar-refractivity contribution >= 4 is 16.3 Å². The molecule has 0 unspecified atom stereocenters. The van der Waals surface area contributed by atoms with Gasteiger partial charge in [0.25, 0.3) is 0 Å². The van der Waals surface area contributed by atoms with Gasteiger partial charge in [-0.3, -0.25) is 0 Å². The van der Waals surface area contributed by atoms with E-state index in [4.69, 9.17) is 5.73 Å². The first-order chi connectivity index (χ1) is 8.00. The van der Waals surface area contributed by atoms with Crippen LogP contribution in [0.15, 0.2) is 18.2 Å². The van der Waals surface area contributed by atoms with E-state index in [-0.39, 0.29) is 17.2 Å². The van der Waals surface area contributed by atoms with Gasteiger partial charge >= 0.3 is 0 Å². The maximum absolute atomic E-state index is 13.6. The van der Waals surface area contributed by atoms with Crippen molar-refractivity contribution in [2.24, 2.45) is 0 Å². The van der Waals surface area contributed by atoms with E-state index in [1.165, 1.54) is 29.5 Å². The van der Waals surface area contributed by atoms with Gasteiger partial charge in [0.05, 0.1) is 10.6 Å². The number of thiazole rings is 1. The number of anilines is 1. The number of halogens is 2. The molecule has 0 aliphatic heterocycles. The van der Waals surface area contributed by atoms with Gasteiger partial charge in [-0.2, -0.15) is 0 Å². The van der Waals surface area contributed by atoms with Crippen LogP contribution in [0.1, 0.15) is 24.8 Å². The SMILES string of the molecule is CC(C)c1nc(-c2c(F)cccc2F)c(N)s1. The highest BCUT2D eigenvalue weighted by Gasteiger charge is 2.19. The number of aromatic nitrogens is 1. The van der Waals surface area contributed by atoms with E-state index in [0.29, 0.717) is 5.00 Å². The average molecular weight is 254 g/mol. The molecular weight excluding hydrogens is 242 g/mol. The van der Waals surface area contributed by atoms with E-state index in [9.17, 15) is 8.78 Å². The third-order valence-electron chi connectivity index (χ3n) is 2.36. The summed E-state index contributed by atoms with van der Waals surface area (Å²) in [4.78, 5) is 4.21. The molecular formula is C12H12F2N2S. The Labute approximate surface area is 102 Å². The van der Waals surface area contributed by atoms with Gasteiger partial charge in [0.15, 0.2) is 0 Å².